The van der Waals surface area contributed by atoms with Gasteiger partial charge in [0.25, 0.3) is 0 Å². The zero-order valence-electron chi connectivity index (χ0n) is 10.3. The fourth-order valence-electron chi connectivity index (χ4n) is 1.39. The molecule has 0 aromatic carbocycles. The van der Waals surface area contributed by atoms with Crippen molar-refractivity contribution < 1.29 is 8.42 Å². The minimum absolute atomic E-state index is 0.182. The first-order valence-corrected chi connectivity index (χ1v) is 7.74. The summed E-state index contributed by atoms with van der Waals surface area (Å²) in [5, 5.41) is 0. The van der Waals surface area contributed by atoms with Crippen molar-refractivity contribution in [2.75, 3.05) is 24.6 Å². The molecule has 0 spiro atoms. The van der Waals surface area contributed by atoms with Gasteiger partial charge in [0, 0.05) is 24.9 Å². The Kier molecular flexibility index (Phi) is 7.10. The third-order valence-electron chi connectivity index (χ3n) is 2.29. The van der Waals surface area contributed by atoms with Crippen molar-refractivity contribution in [1.82, 2.24) is 4.90 Å². The molecule has 0 aromatic heterocycles. The Morgan fingerprint density at radius 1 is 1.38 bits per heavy atom. The molecular formula is C10H22N2O2S2. The lowest BCUT2D eigenvalue weighted by Gasteiger charge is -2.25. The van der Waals surface area contributed by atoms with Gasteiger partial charge in [0.05, 0.1) is 10.7 Å². The Hall–Kier alpha value is -0.200. The molecule has 16 heavy (non-hydrogen) atoms. The Bertz CT molecular complexity index is 313. The molecule has 0 saturated carbocycles. The summed E-state index contributed by atoms with van der Waals surface area (Å²) in [5.41, 5.74) is 5.47. The summed E-state index contributed by atoms with van der Waals surface area (Å²) in [4.78, 5) is 2.39. The fourth-order valence-corrected chi connectivity index (χ4v) is 2.89. The number of nitrogens with two attached hydrogens (primary N) is 1. The van der Waals surface area contributed by atoms with Crippen LogP contribution in [0.25, 0.3) is 0 Å². The van der Waals surface area contributed by atoms with E-state index in [0.717, 1.165) is 0 Å². The SMILES string of the molecule is CCCS(=O)(=O)CCN(CC(N)=S)C(C)C. The summed E-state index contributed by atoms with van der Waals surface area (Å²) < 4.78 is 23.1. The molecule has 0 radical (unpaired) electrons. The molecule has 0 saturated heterocycles. The van der Waals surface area contributed by atoms with Gasteiger partial charge in [-0.3, -0.25) is 4.90 Å². The topological polar surface area (TPSA) is 63.4 Å². The van der Waals surface area contributed by atoms with Gasteiger partial charge >= 0.3 is 0 Å². The van der Waals surface area contributed by atoms with E-state index in [-0.39, 0.29) is 17.5 Å². The molecule has 0 amide bonds. The molecular weight excluding hydrogens is 244 g/mol. The molecule has 0 aliphatic rings. The molecule has 0 aliphatic carbocycles. The summed E-state index contributed by atoms with van der Waals surface area (Å²) in [6.07, 6.45) is 0.666. The van der Waals surface area contributed by atoms with Crippen LogP contribution in [0.2, 0.25) is 0 Å². The molecule has 0 heterocycles. The second kappa shape index (κ2) is 7.19. The Morgan fingerprint density at radius 2 is 1.94 bits per heavy atom. The lowest BCUT2D eigenvalue weighted by Crippen LogP contribution is -2.40. The minimum atomic E-state index is -2.92. The lowest BCUT2D eigenvalue weighted by molar-refractivity contribution is 0.268. The third-order valence-corrected chi connectivity index (χ3v) is 4.26. The van der Waals surface area contributed by atoms with Gasteiger partial charge in [-0.05, 0) is 20.3 Å². The molecule has 0 rings (SSSR count). The van der Waals surface area contributed by atoms with Crippen molar-refractivity contribution in [3.8, 4) is 0 Å². The maximum atomic E-state index is 11.6. The highest BCUT2D eigenvalue weighted by molar-refractivity contribution is 7.91. The van der Waals surface area contributed by atoms with Crippen molar-refractivity contribution in [3.63, 3.8) is 0 Å². The van der Waals surface area contributed by atoms with Crippen LogP contribution in [0, 0.1) is 0 Å². The van der Waals surface area contributed by atoms with Gasteiger partial charge in [-0.15, -0.1) is 0 Å². The van der Waals surface area contributed by atoms with Gasteiger partial charge in [-0.2, -0.15) is 0 Å². The van der Waals surface area contributed by atoms with Crippen molar-refractivity contribution in [2.45, 2.75) is 33.2 Å². The van der Waals surface area contributed by atoms with Crippen LogP contribution in [-0.2, 0) is 9.84 Å². The van der Waals surface area contributed by atoms with Gasteiger partial charge in [0.15, 0.2) is 9.84 Å². The molecule has 96 valence electrons. The van der Waals surface area contributed by atoms with Crippen LogP contribution in [-0.4, -0.2) is 48.9 Å². The maximum absolute atomic E-state index is 11.6. The van der Waals surface area contributed by atoms with Crippen molar-refractivity contribution in [2.24, 2.45) is 5.73 Å². The quantitative estimate of drug-likeness (QED) is 0.659. The second-order valence-corrected chi connectivity index (χ2v) is 7.01. The van der Waals surface area contributed by atoms with Gasteiger partial charge in [-0.25, -0.2) is 8.42 Å². The average molecular weight is 266 g/mol. The van der Waals surface area contributed by atoms with Crippen LogP contribution in [0.15, 0.2) is 0 Å². The van der Waals surface area contributed by atoms with E-state index in [2.05, 4.69) is 0 Å². The average Bonchev–Trinajstić information content (AvgIpc) is 2.11. The number of rotatable bonds is 8. The Morgan fingerprint density at radius 3 is 2.31 bits per heavy atom. The van der Waals surface area contributed by atoms with Gasteiger partial charge in [-0.1, -0.05) is 19.1 Å². The normalized spacial score (nSPS) is 12.3. The first-order chi connectivity index (χ1) is 7.28. The molecule has 2 N–H and O–H groups in total. The molecule has 0 atom stereocenters. The second-order valence-electron chi connectivity index (χ2n) is 4.18. The number of nitrogens with zero attached hydrogens (tertiary/aromatic N) is 1. The lowest BCUT2D eigenvalue weighted by atomic mass is 10.3. The van der Waals surface area contributed by atoms with Crippen molar-refractivity contribution >= 4 is 27.0 Å². The van der Waals surface area contributed by atoms with E-state index in [4.69, 9.17) is 18.0 Å². The largest absolute Gasteiger partial charge is 0.392 e. The van der Waals surface area contributed by atoms with E-state index in [1.165, 1.54) is 0 Å². The highest BCUT2D eigenvalue weighted by atomic mass is 32.2. The first kappa shape index (κ1) is 15.8. The summed E-state index contributed by atoms with van der Waals surface area (Å²) in [6.45, 7) is 6.86. The van der Waals surface area contributed by atoms with Crippen molar-refractivity contribution in [3.05, 3.63) is 0 Å². The minimum Gasteiger partial charge on any atom is -0.392 e. The van der Waals surface area contributed by atoms with Gasteiger partial charge < -0.3 is 5.73 Å². The van der Waals surface area contributed by atoms with Crippen molar-refractivity contribution in [1.29, 1.82) is 0 Å². The fraction of sp³-hybridized carbons (Fsp3) is 0.900. The standard InChI is InChI=1S/C10H22N2O2S2/c1-4-6-16(13,14)7-5-12(9(2)3)8-10(11)15/h9H,4-8H2,1-3H3,(H2,11,15). The highest BCUT2D eigenvalue weighted by Crippen LogP contribution is 2.01. The molecule has 0 aliphatic heterocycles. The molecule has 6 heteroatoms. The first-order valence-electron chi connectivity index (χ1n) is 5.51. The number of hydrogen-bond donors (Lipinski definition) is 1. The van der Waals surface area contributed by atoms with E-state index in [1.807, 2.05) is 25.7 Å². The van der Waals surface area contributed by atoms with E-state index in [0.29, 0.717) is 24.5 Å². The zero-order chi connectivity index (χ0) is 12.8. The van der Waals surface area contributed by atoms with Crippen LogP contribution in [0.5, 0.6) is 0 Å². The predicted molar refractivity (Wildman–Crippen MR) is 72.4 cm³/mol. The van der Waals surface area contributed by atoms with Gasteiger partial charge in [0.2, 0.25) is 0 Å². The van der Waals surface area contributed by atoms with Crippen LogP contribution in [0.1, 0.15) is 27.2 Å². The van der Waals surface area contributed by atoms with Crippen LogP contribution in [0.4, 0.5) is 0 Å². The summed E-state index contributed by atoms with van der Waals surface area (Å²) in [7, 11) is -2.92. The number of thiocarbonyl (C=S) groups is 1. The summed E-state index contributed by atoms with van der Waals surface area (Å²) in [6, 6.07) is 0.248. The molecule has 0 aromatic rings. The molecule has 4 nitrogen and oxygen atoms in total. The highest BCUT2D eigenvalue weighted by Gasteiger charge is 2.15. The summed E-state index contributed by atoms with van der Waals surface area (Å²) in [5.74, 6) is 0.438. The molecule has 0 fully saturated rings. The maximum Gasteiger partial charge on any atom is 0.151 e. The monoisotopic (exact) mass is 266 g/mol. The predicted octanol–water partition coefficient (Wildman–Crippen LogP) is 0.808. The van der Waals surface area contributed by atoms with E-state index in [1.54, 1.807) is 0 Å². The smallest absolute Gasteiger partial charge is 0.151 e. The van der Waals surface area contributed by atoms with E-state index >= 15 is 0 Å². The Labute approximate surface area is 104 Å². The Balaban J connectivity index is 4.27. The number of sulfone groups is 1. The van der Waals surface area contributed by atoms with E-state index < -0.39 is 9.84 Å². The van der Waals surface area contributed by atoms with Crippen LogP contribution < -0.4 is 5.73 Å². The van der Waals surface area contributed by atoms with Gasteiger partial charge in [0.1, 0.15) is 0 Å². The van der Waals surface area contributed by atoms with Crippen LogP contribution in [0.3, 0.4) is 0 Å². The summed E-state index contributed by atoms with van der Waals surface area (Å²) >= 11 is 4.84. The van der Waals surface area contributed by atoms with E-state index in [9.17, 15) is 8.42 Å². The third kappa shape index (κ3) is 7.14. The molecule has 0 bridgehead atoms. The molecule has 0 unspecified atom stereocenters. The van der Waals surface area contributed by atoms with Crippen LogP contribution >= 0.6 is 12.2 Å². The zero-order valence-corrected chi connectivity index (χ0v) is 11.9. The number of hydrogen-bond acceptors (Lipinski definition) is 4.